The molecular formula is C9H9NO7. The van der Waals surface area contributed by atoms with E-state index in [-0.39, 0.29) is 0 Å². The first-order valence-electron chi connectivity index (χ1n) is 4.33. The van der Waals surface area contributed by atoms with E-state index in [4.69, 9.17) is 20.6 Å². The molecule has 0 aliphatic carbocycles. The molecule has 92 valence electrons. The van der Waals surface area contributed by atoms with Crippen LogP contribution in [0.5, 0.6) is 0 Å². The summed E-state index contributed by atoms with van der Waals surface area (Å²) in [5.74, 6) is -5.99. The third-order valence-electron chi connectivity index (χ3n) is 2.05. The van der Waals surface area contributed by atoms with Crippen molar-refractivity contribution in [3.05, 3.63) is 0 Å². The van der Waals surface area contributed by atoms with Crippen LogP contribution in [0.3, 0.4) is 0 Å². The number of carboxylic acids is 3. The van der Waals surface area contributed by atoms with E-state index in [0.29, 0.717) is 0 Å². The molecule has 17 heavy (non-hydrogen) atoms. The van der Waals surface area contributed by atoms with Crippen LogP contribution in [0.4, 0.5) is 0 Å². The summed E-state index contributed by atoms with van der Waals surface area (Å²) in [6.07, 6.45) is -3.05. The molecule has 0 atom stereocenters. The molecule has 0 amide bonds. The molecule has 0 heterocycles. The second-order valence-electron chi connectivity index (χ2n) is 3.43. The maximum Gasteiger partial charge on any atom is 0.304 e. The Kier molecular flexibility index (Phi) is 4.80. The van der Waals surface area contributed by atoms with Gasteiger partial charge in [-0.3, -0.25) is 19.2 Å². The van der Waals surface area contributed by atoms with Gasteiger partial charge in [0, 0.05) is 0 Å². The van der Waals surface area contributed by atoms with Crippen molar-refractivity contribution in [1.29, 1.82) is 5.26 Å². The first-order valence-corrected chi connectivity index (χ1v) is 4.33. The van der Waals surface area contributed by atoms with Crippen LogP contribution >= 0.6 is 0 Å². The average molecular weight is 243 g/mol. The van der Waals surface area contributed by atoms with E-state index >= 15 is 0 Å². The highest BCUT2D eigenvalue weighted by Crippen LogP contribution is 2.32. The summed E-state index contributed by atoms with van der Waals surface area (Å²) < 4.78 is 0. The van der Waals surface area contributed by atoms with Crippen LogP contribution in [0.1, 0.15) is 19.3 Å². The number of rotatable bonds is 7. The Balaban J connectivity index is 5.42. The number of nitrogens with zero attached hydrogens (tertiary/aromatic N) is 1. The minimum absolute atomic E-state index is 1.02. The molecule has 3 N–H and O–H groups in total. The summed E-state index contributed by atoms with van der Waals surface area (Å²) in [6, 6.07) is 1.09. The average Bonchev–Trinajstić information content (AvgIpc) is 2.12. The Morgan fingerprint density at radius 3 is 1.35 bits per heavy atom. The van der Waals surface area contributed by atoms with Gasteiger partial charge in [0.1, 0.15) is 6.07 Å². The van der Waals surface area contributed by atoms with E-state index in [1.807, 2.05) is 0 Å². The van der Waals surface area contributed by atoms with Crippen molar-refractivity contribution in [3.8, 4) is 6.07 Å². The Morgan fingerprint density at radius 2 is 1.18 bits per heavy atom. The fourth-order valence-corrected chi connectivity index (χ4v) is 1.42. The number of aliphatic carboxylic acids is 3. The highest BCUT2D eigenvalue weighted by atomic mass is 16.4. The van der Waals surface area contributed by atoms with Crippen molar-refractivity contribution < 1.29 is 34.5 Å². The molecule has 8 nitrogen and oxygen atoms in total. The number of Topliss-reactive ketones (excluding diaryl/α,β-unsaturated/α-hetero) is 1. The molecule has 0 aliphatic rings. The number of nitriles is 1. The summed E-state index contributed by atoms with van der Waals surface area (Å²) in [5.41, 5.74) is -2.22. The lowest BCUT2D eigenvalue weighted by molar-refractivity contribution is -0.152. The monoisotopic (exact) mass is 243 g/mol. The van der Waals surface area contributed by atoms with Crippen LogP contribution in [0.2, 0.25) is 0 Å². The number of carbonyl (C=O) groups excluding carboxylic acids is 1. The van der Waals surface area contributed by atoms with E-state index in [2.05, 4.69) is 0 Å². The fraction of sp³-hybridized carbons (Fsp3) is 0.444. The van der Waals surface area contributed by atoms with Crippen molar-refractivity contribution in [2.45, 2.75) is 19.3 Å². The second-order valence-corrected chi connectivity index (χ2v) is 3.43. The number of hydrogen-bond donors (Lipinski definition) is 3. The quantitative estimate of drug-likeness (QED) is 0.505. The lowest BCUT2D eigenvalue weighted by atomic mass is 9.74. The van der Waals surface area contributed by atoms with Gasteiger partial charge in [-0.05, 0) is 0 Å². The van der Waals surface area contributed by atoms with Gasteiger partial charge in [-0.15, -0.1) is 0 Å². The van der Waals surface area contributed by atoms with Gasteiger partial charge >= 0.3 is 17.9 Å². The molecule has 0 aromatic heterocycles. The van der Waals surface area contributed by atoms with Crippen LogP contribution in [0.15, 0.2) is 0 Å². The van der Waals surface area contributed by atoms with Crippen LogP contribution in [-0.4, -0.2) is 39.0 Å². The van der Waals surface area contributed by atoms with Gasteiger partial charge in [0.15, 0.2) is 0 Å². The van der Waals surface area contributed by atoms with Gasteiger partial charge in [0.2, 0.25) is 5.78 Å². The molecule has 0 fully saturated rings. The van der Waals surface area contributed by atoms with E-state index in [9.17, 15) is 19.2 Å². The second kappa shape index (κ2) is 5.60. The molecule has 0 rings (SSSR count). The molecule has 0 radical (unpaired) electrons. The highest BCUT2D eigenvalue weighted by molar-refractivity contribution is 6.03. The summed E-state index contributed by atoms with van der Waals surface area (Å²) in [7, 11) is 0. The van der Waals surface area contributed by atoms with Crippen LogP contribution in [0.25, 0.3) is 0 Å². The number of hydrogen-bond acceptors (Lipinski definition) is 5. The van der Waals surface area contributed by atoms with E-state index in [1.54, 1.807) is 0 Å². The fourth-order valence-electron chi connectivity index (χ4n) is 1.42. The summed E-state index contributed by atoms with van der Waals surface area (Å²) in [4.78, 5) is 42.9. The SMILES string of the molecule is N#CC(=O)C(CC(=O)O)(CC(=O)O)CC(=O)O. The summed E-state index contributed by atoms with van der Waals surface area (Å²) in [5, 5.41) is 34.1. The lowest BCUT2D eigenvalue weighted by Gasteiger charge is -2.24. The summed E-state index contributed by atoms with van der Waals surface area (Å²) in [6.45, 7) is 0. The third kappa shape index (κ3) is 4.29. The van der Waals surface area contributed by atoms with Crippen molar-refractivity contribution in [1.82, 2.24) is 0 Å². The first-order chi connectivity index (χ1) is 7.73. The summed E-state index contributed by atoms with van der Waals surface area (Å²) >= 11 is 0. The van der Waals surface area contributed by atoms with Crippen molar-refractivity contribution >= 4 is 23.7 Å². The molecule has 0 aliphatic heterocycles. The predicted octanol–water partition coefficient (Wildman–Crippen LogP) is -0.510. The zero-order chi connectivity index (χ0) is 13.6. The third-order valence-corrected chi connectivity index (χ3v) is 2.05. The van der Waals surface area contributed by atoms with Crippen LogP contribution in [0, 0.1) is 16.7 Å². The lowest BCUT2D eigenvalue weighted by Crippen LogP contribution is -2.37. The van der Waals surface area contributed by atoms with E-state index in [0.717, 1.165) is 6.07 Å². The van der Waals surface area contributed by atoms with Gasteiger partial charge in [0.05, 0.1) is 24.7 Å². The van der Waals surface area contributed by atoms with Gasteiger partial charge < -0.3 is 15.3 Å². The number of ketones is 1. The zero-order valence-corrected chi connectivity index (χ0v) is 8.54. The Morgan fingerprint density at radius 1 is 0.882 bits per heavy atom. The van der Waals surface area contributed by atoms with Crippen molar-refractivity contribution in [2.24, 2.45) is 5.41 Å². The standard InChI is InChI=1S/C9H9NO7/c10-4-5(11)9(1-6(12)13,2-7(14)15)3-8(16)17/h1-3H2,(H,12,13)(H,14,15)(H,16,17). The first kappa shape index (κ1) is 14.6. The molecule has 0 aromatic carbocycles. The Hall–Kier alpha value is -2.43. The zero-order valence-electron chi connectivity index (χ0n) is 8.54. The normalized spacial score (nSPS) is 10.3. The molecule has 0 saturated heterocycles. The number of carbonyl (C=O) groups is 4. The van der Waals surface area contributed by atoms with Crippen molar-refractivity contribution in [2.75, 3.05) is 0 Å². The molecular weight excluding hydrogens is 234 g/mol. The largest absolute Gasteiger partial charge is 0.481 e. The van der Waals surface area contributed by atoms with E-state index < -0.39 is 48.4 Å². The molecule has 0 unspecified atom stereocenters. The maximum atomic E-state index is 11.3. The molecule has 0 spiro atoms. The molecule has 0 bridgehead atoms. The highest BCUT2D eigenvalue weighted by Gasteiger charge is 2.44. The van der Waals surface area contributed by atoms with Crippen LogP contribution in [-0.2, 0) is 19.2 Å². The van der Waals surface area contributed by atoms with E-state index in [1.165, 1.54) is 0 Å². The smallest absolute Gasteiger partial charge is 0.304 e. The Labute approximate surface area is 95.1 Å². The predicted molar refractivity (Wildman–Crippen MR) is 49.8 cm³/mol. The topological polar surface area (TPSA) is 153 Å². The van der Waals surface area contributed by atoms with Crippen molar-refractivity contribution in [3.63, 3.8) is 0 Å². The van der Waals surface area contributed by atoms with Gasteiger partial charge in [-0.25, -0.2) is 0 Å². The van der Waals surface area contributed by atoms with Crippen LogP contribution < -0.4 is 0 Å². The maximum absolute atomic E-state index is 11.3. The molecule has 0 saturated carbocycles. The van der Waals surface area contributed by atoms with Gasteiger partial charge in [-0.1, -0.05) is 0 Å². The van der Waals surface area contributed by atoms with Gasteiger partial charge in [-0.2, -0.15) is 5.26 Å². The van der Waals surface area contributed by atoms with Gasteiger partial charge in [0.25, 0.3) is 0 Å². The molecule has 8 heteroatoms. The molecule has 0 aromatic rings. The number of carboxylic acid groups (broad SMARTS) is 3. The minimum Gasteiger partial charge on any atom is -0.481 e. The Bertz CT molecular complexity index is 365. The minimum atomic E-state index is -2.22.